The van der Waals surface area contributed by atoms with E-state index in [2.05, 4.69) is 28.9 Å². The molecule has 0 saturated carbocycles. The number of hydrogen-bond donors (Lipinski definition) is 1. The van der Waals surface area contributed by atoms with Crippen LogP contribution in [0.1, 0.15) is 43.7 Å². The number of aromatic nitrogens is 1. The van der Waals surface area contributed by atoms with Gasteiger partial charge in [0.05, 0.1) is 31.8 Å². The highest BCUT2D eigenvalue weighted by atomic mass is 19.1. The third-order valence-electron chi connectivity index (χ3n) is 5.92. The Morgan fingerprint density at radius 3 is 2.56 bits per heavy atom. The molecule has 6 nitrogen and oxygen atoms in total. The van der Waals surface area contributed by atoms with Gasteiger partial charge in [-0.25, -0.2) is 9.38 Å². The van der Waals surface area contributed by atoms with Crippen LogP contribution in [0.3, 0.4) is 0 Å². The lowest BCUT2D eigenvalue weighted by Crippen LogP contribution is -2.55. The Morgan fingerprint density at radius 2 is 1.88 bits per heavy atom. The Labute approximate surface area is 187 Å². The monoisotopic (exact) mass is 436 g/mol. The van der Waals surface area contributed by atoms with E-state index in [1.54, 1.807) is 6.07 Å². The number of aliphatic imine (C=N–C) groups is 1. The molecule has 1 aromatic heterocycles. The molecule has 1 saturated heterocycles. The van der Waals surface area contributed by atoms with Crippen molar-refractivity contribution in [2.75, 3.05) is 13.2 Å². The molecule has 0 radical (unpaired) electrons. The summed E-state index contributed by atoms with van der Waals surface area (Å²) in [5.41, 5.74) is 9.17. The van der Waals surface area contributed by atoms with E-state index in [4.69, 9.17) is 15.0 Å². The summed E-state index contributed by atoms with van der Waals surface area (Å²) in [4.78, 5) is 6.58. The molecule has 1 aliphatic heterocycles. The first-order valence-electron chi connectivity index (χ1n) is 10.9. The highest BCUT2D eigenvalue weighted by molar-refractivity contribution is 5.78. The van der Waals surface area contributed by atoms with Gasteiger partial charge in [-0.1, -0.05) is 54.5 Å². The number of benzene rings is 2. The van der Waals surface area contributed by atoms with Gasteiger partial charge >= 0.3 is 0 Å². The molecule has 7 heteroatoms. The number of nitrogens with zero attached hydrogens (tertiary/aromatic N) is 3. The fraction of sp³-hybridized carbons (Fsp3) is 0.360. The lowest BCUT2D eigenvalue weighted by Gasteiger charge is -2.39. The molecule has 3 atom stereocenters. The van der Waals surface area contributed by atoms with E-state index >= 15 is 0 Å². The van der Waals surface area contributed by atoms with Crippen LogP contribution < -0.4 is 5.73 Å². The van der Waals surface area contributed by atoms with Gasteiger partial charge in [0.2, 0.25) is 0 Å². The largest absolute Gasteiger partial charge is 0.377 e. The van der Waals surface area contributed by atoms with Gasteiger partial charge < -0.3 is 19.9 Å². The predicted molar refractivity (Wildman–Crippen MR) is 123 cm³/mol. The fourth-order valence-corrected chi connectivity index (χ4v) is 4.12. The van der Waals surface area contributed by atoms with Crippen LogP contribution >= 0.6 is 0 Å². The average Bonchev–Trinajstić information content (AvgIpc) is 3.26. The van der Waals surface area contributed by atoms with Crippen molar-refractivity contribution in [1.82, 2.24) is 10.1 Å². The number of ether oxygens (including phenoxy) is 1. The first-order chi connectivity index (χ1) is 15.4. The predicted octanol–water partition coefficient (Wildman–Crippen LogP) is 4.56. The van der Waals surface area contributed by atoms with Crippen LogP contribution in [-0.4, -0.2) is 41.3 Å². The maximum Gasteiger partial charge on any atom is 0.192 e. The third-order valence-corrected chi connectivity index (χ3v) is 5.92. The van der Waals surface area contributed by atoms with Crippen LogP contribution in [-0.2, 0) is 11.3 Å². The van der Waals surface area contributed by atoms with Gasteiger partial charge in [-0.05, 0) is 31.0 Å². The number of nitrogens with two attached hydrogens (primary N) is 1. The van der Waals surface area contributed by atoms with Gasteiger partial charge in [0.25, 0.3) is 0 Å². The molecule has 3 aromatic rings. The van der Waals surface area contributed by atoms with Crippen molar-refractivity contribution in [2.45, 2.75) is 45.3 Å². The molecule has 2 N–H and O–H groups in total. The number of hydrogen-bond acceptors (Lipinski definition) is 4. The van der Waals surface area contributed by atoms with Crippen LogP contribution in [0.25, 0.3) is 11.1 Å². The molecule has 0 bridgehead atoms. The summed E-state index contributed by atoms with van der Waals surface area (Å²) in [5, 5.41) is 4.13. The molecular weight excluding hydrogens is 407 g/mol. The molecule has 32 heavy (non-hydrogen) atoms. The van der Waals surface area contributed by atoms with E-state index in [0.717, 1.165) is 11.1 Å². The molecule has 4 rings (SSSR count). The molecule has 1 fully saturated rings. The van der Waals surface area contributed by atoms with Crippen molar-refractivity contribution in [3.05, 3.63) is 77.4 Å². The van der Waals surface area contributed by atoms with Gasteiger partial charge in [-0.3, -0.25) is 0 Å². The minimum atomic E-state index is -0.258. The summed E-state index contributed by atoms with van der Waals surface area (Å²) in [6.07, 6.45) is 0. The van der Waals surface area contributed by atoms with E-state index in [9.17, 15) is 4.39 Å². The molecule has 1 aliphatic rings. The molecule has 168 valence electrons. The molecule has 3 unspecified atom stereocenters. The first kappa shape index (κ1) is 22.0. The summed E-state index contributed by atoms with van der Waals surface area (Å²) in [6, 6.07) is 17.0. The highest BCUT2D eigenvalue weighted by Crippen LogP contribution is 2.30. The summed E-state index contributed by atoms with van der Waals surface area (Å²) in [7, 11) is 0. The molecule has 0 aliphatic carbocycles. The number of halogens is 1. The smallest absolute Gasteiger partial charge is 0.192 e. The minimum Gasteiger partial charge on any atom is -0.377 e. The van der Waals surface area contributed by atoms with E-state index in [1.165, 1.54) is 0 Å². The molecular formula is C25H29FN4O2. The SMILES string of the molecule is CC(c1ccc(-c2ccccc2)c(F)c1)c1cc(CN=C(N)N2C(C)COCC2C)no1. The van der Waals surface area contributed by atoms with Crippen LogP contribution in [0.4, 0.5) is 4.39 Å². The van der Waals surface area contributed by atoms with Crippen LogP contribution in [0.2, 0.25) is 0 Å². The third kappa shape index (κ3) is 4.67. The second kappa shape index (κ2) is 9.53. The van der Waals surface area contributed by atoms with Gasteiger partial charge in [0.1, 0.15) is 17.3 Å². The Kier molecular flexibility index (Phi) is 6.55. The van der Waals surface area contributed by atoms with Gasteiger partial charge in [-0.2, -0.15) is 0 Å². The fourth-order valence-electron chi connectivity index (χ4n) is 4.12. The summed E-state index contributed by atoms with van der Waals surface area (Å²) in [6.45, 7) is 7.68. The molecule has 2 aromatic carbocycles. The van der Waals surface area contributed by atoms with Crippen molar-refractivity contribution >= 4 is 5.96 Å². The molecule has 2 heterocycles. The van der Waals surface area contributed by atoms with E-state index in [0.29, 0.717) is 42.7 Å². The van der Waals surface area contributed by atoms with Crippen molar-refractivity contribution in [3.63, 3.8) is 0 Å². The van der Waals surface area contributed by atoms with Crippen molar-refractivity contribution in [3.8, 4) is 11.1 Å². The van der Waals surface area contributed by atoms with E-state index in [1.807, 2.05) is 55.5 Å². The maximum absolute atomic E-state index is 14.8. The summed E-state index contributed by atoms with van der Waals surface area (Å²) in [5.74, 6) is 0.737. The van der Waals surface area contributed by atoms with Crippen LogP contribution in [0.15, 0.2) is 64.1 Å². The second-order valence-electron chi connectivity index (χ2n) is 8.36. The topological polar surface area (TPSA) is 76.9 Å². The Balaban J connectivity index is 1.46. The Hall–Kier alpha value is -3.19. The van der Waals surface area contributed by atoms with Crippen molar-refractivity contribution in [2.24, 2.45) is 10.7 Å². The van der Waals surface area contributed by atoms with Crippen LogP contribution in [0.5, 0.6) is 0 Å². The molecule has 0 spiro atoms. The van der Waals surface area contributed by atoms with E-state index < -0.39 is 0 Å². The zero-order valence-electron chi connectivity index (χ0n) is 18.7. The maximum atomic E-state index is 14.8. The van der Waals surface area contributed by atoms with Crippen molar-refractivity contribution < 1.29 is 13.7 Å². The number of guanidine groups is 1. The second-order valence-corrected chi connectivity index (χ2v) is 8.36. The normalized spacial score (nSPS) is 20.4. The Bertz CT molecular complexity index is 1070. The average molecular weight is 437 g/mol. The summed E-state index contributed by atoms with van der Waals surface area (Å²) < 4.78 is 25.9. The van der Waals surface area contributed by atoms with Gasteiger partial charge in [0, 0.05) is 17.5 Å². The van der Waals surface area contributed by atoms with E-state index in [-0.39, 0.29) is 23.8 Å². The highest BCUT2D eigenvalue weighted by Gasteiger charge is 2.27. The Morgan fingerprint density at radius 1 is 1.16 bits per heavy atom. The lowest BCUT2D eigenvalue weighted by molar-refractivity contribution is -0.00139. The number of morpholine rings is 1. The van der Waals surface area contributed by atoms with Gasteiger partial charge in [-0.15, -0.1) is 0 Å². The van der Waals surface area contributed by atoms with Crippen molar-refractivity contribution in [1.29, 1.82) is 0 Å². The first-order valence-corrected chi connectivity index (χ1v) is 10.9. The quantitative estimate of drug-likeness (QED) is 0.469. The lowest BCUT2D eigenvalue weighted by atomic mass is 9.95. The minimum absolute atomic E-state index is 0.142. The zero-order chi connectivity index (χ0) is 22.7. The zero-order valence-corrected chi connectivity index (χ0v) is 18.7. The molecule has 0 amide bonds. The van der Waals surface area contributed by atoms with Crippen LogP contribution in [0, 0.1) is 5.82 Å². The van der Waals surface area contributed by atoms with Gasteiger partial charge in [0.15, 0.2) is 5.96 Å². The summed E-state index contributed by atoms with van der Waals surface area (Å²) >= 11 is 0. The standard InChI is InChI=1S/C25H29FN4O2/c1-16-14-31-15-17(2)30(16)25(27)28-13-21-12-24(32-29-21)18(3)20-9-10-22(23(26)11-20)19-7-5-4-6-8-19/h4-12,16-18H,13-15H2,1-3H3,(H2,27,28). The number of rotatable bonds is 5.